The number of rotatable bonds is 5. The topological polar surface area (TPSA) is 47.6 Å². The van der Waals surface area contributed by atoms with Gasteiger partial charge in [0.2, 0.25) is 0 Å². The number of carbonyl (C=O) groups is 1. The van der Waals surface area contributed by atoms with Crippen molar-refractivity contribution in [2.45, 2.75) is 13.8 Å². The van der Waals surface area contributed by atoms with Crippen LogP contribution in [0, 0.1) is 12.7 Å². The number of aryl methyl sites for hydroxylation is 1. The van der Waals surface area contributed by atoms with Gasteiger partial charge in [-0.3, -0.25) is 4.79 Å². The van der Waals surface area contributed by atoms with Crippen LogP contribution >= 0.6 is 0 Å². The van der Waals surface area contributed by atoms with Gasteiger partial charge in [0.1, 0.15) is 17.3 Å². The van der Waals surface area contributed by atoms with Crippen LogP contribution in [0.2, 0.25) is 0 Å². The smallest absolute Gasteiger partial charge is 0.255 e. The van der Waals surface area contributed by atoms with Crippen molar-refractivity contribution < 1.29 is 18.7 Å². The second-order valence-electron chi connectivity index (χ2n) is 4.71. The van der Waals surface area contributed by atoms with Gasteiger partial charge in [0.05, 0.1) is 19.4 Å². The van der Waals surface area contributed by atoms with E-state index in [9.17, 15) is 9.18 Å². The predicted molar refractivity (Wildman–Crippen MR) is 83.3 cm³/mol. The van der Waals surface area contributed by atoms with Gasteiger partial charge in [-0.05, 0) is 43.7 Å². The number of amides is 1. The van der Waals surface area contributed by atoms with Gasteiger partial charge in [0.15, 0.2) is 0 Å². The van der Waals surface area contributed by atoms with Crippen molar-refractivity contribution in [2.75, 3.05) is 19.0 Å². The summed E-state index contributed by atoms with van der Waals surface area (Å²) >= 11 is 0. The second-order valence-corrected chi connectivity index (χ2v) is 4.71. The Morgan fingerprint density at radius 1 is 1.18 bits per heavy atom. The average Bonchev–Trinajstić information content (AvgIpc) is 2.50. The summed E-state index contributed by atoms with van der Waals surface area (Å²) in [6.07, 6.45) is 0. The molecular formula is C17H18FNO3. The van der Waals surface area contributed by atoms with Crippen LogP contribution in [-0.4, -0.2) is 19.6 Å². The lowest BCUT2D eigenvalue weighted by atomic mass is 10.1. The fourth-order valence-electron chi connectivity index (χ4n) is 2.03. The van der Waals surface area contributed by atoms with Crippen molar-refractivity contribution in [1.29, 1.82) is 0 Å². The number of nitrogens with one attached hydrogen (secondary N) is 1. The minimum atomic E-state index is -0.418. The molecule has 22 heavy (non-hydrogen) atoms. The summed E-state index contributed by atoms with van der Waals surface area (Å²) in [6.45, 7) is 4.07. The Labute approximate surface area is 128 Å². The van der Waals surface area contributed by atoms with Crippen LogP contribution in [0.1, 0.15) is 22.8 Å². The zero-order valence-corrected chi connectivity index (χ0v) is 12.8. The third-order valence-electron chi connectivity index (χ3n) is 3.16. The fourth-order valence-corrected chi connectivity index (χ4v) is 2.03. The summed E-state index contributed by atoms with van der Waals surface area (Å²) in [5.74, 6) is 0.205. The Morgan fingerprint density at radius 2 is 1.95 bits per heavy atom. The monoisotopic (exact) mass is 303 g/mol. The van der Waals surface area contributed by atoms with Crippen LogP contribution in [0.25, 0.3) is 0 Å². The first-order valence-electron chi connectivity index (χ1n) is 6.93. The maximum absolute atomic E-state index is 13.3. The van der Waals surface area contributed by atoms with Crippen molar-refractivity contribution in [3.63, 3.8) is 0 Å². The SMILES string of the molecule is CCOc1cc(F)ccc1NC(=O)c1ccc(C)c(OC)c1. The molecule has 116 valence electrons. The van der Waals surface area contributed by atoms with Crippen LogP contribution in [0.5, 0.6) is 11.5 Å². The minimum Gasteiger partial charge on any atom is -0.496 e. The average molecular weight is 303 g/mol. The molecule has 0 aliphatic carbocycles. The number of halogens is 1. The van der Waals surface area contributed by atoms with E-state index in [1.54, 1.807) is 26.2 Å². The van der Waals surface area contributed by atoms with Gasteiger partial charge in [-0.25, -0.2) is 4.39 Å². The lowest BCUT2D eigenvalue weighted by Gasteiger charge is -2.12. The molecule has 0 saturated carbocycles. The highest BCUT2D eigenvalue weighted by atomic mass is 19.1. The first-order chi connectivity index (χ1) is 10.5. The number of benzene rings is 2. The second kappa shape index (κ2) is 6.93. The summed E-state index contributed by atoms with van der Waals surface area (Å²) in [4.78, 5) is 12.3. The van der Waals surface area contributed by atoms with Gasteiger partial charge >= 0.3 is 0 Å². The highest BCUT2D eigenvalue weighted by Crippen LogP contribution is 2.27. The fraction of sp³-hybridized carbons (Fsp3) is 0.235. The normalized spacial score (nSPS) is 10.2. The lowest BCUT2D eigenvalue weighted by Crippen LogP contribution is -2.13. The molecule has 0 saturated heterocycles. The third kappa shape index (κ3) is 3.55. The first kappa shape index (κ1) is 15.8. The van der Waals surface area contributed by atoms with Gasteiger partial charge in [-0.1, -0.05) is 6.07 Å². The van der Waals surface area contributed by atoms with Gasteiger partial charge < -0.3 is 14.8 Å². The number of ether oxygens (including phenoxy) is 2. The molecule has 0 aliphatic heterocycles. The predicted octanol–water partition coefficient (Wildman–Crippen LogP) is 3.79. The summed E-state index contributed by atoms with van der Waals surface area (Å²) < 4.78 is 23.8. The standard InChI is InChI=1S/C17H18FNO3/c1-4-22-16-10-13(18)7-8-14(16)19-17(20)12-6-5-11(2)15(9-12)21-3/h5-10H,4H2,1-3H3,(H,19,20). The highest BCUT2D eigenvalue weighted by Gasteiger charge is 2.12. The molecule has 2 aromatic carbocycles. The van der Waals surface area contributed by atoms with Crippen molar-refractivity contribution in [3.05, 3.63) is 53.3 Å². The van der Waals surface area contributed by atoms with Gasteiger partial charge in [0, 0.05) is 11.6 Å². The molecule has 1 N–H and O–H groups in total. The maximum atomic E-state index is 13.3. The number of methoxy groups -OCH3 is 1. The molecule has 0 aliphatic rings. The summed E-state index contributed by atoms with van der Waals surface area (Å²) in [7, 11) is 1.55. The largest absolute Gasteiger partial charge is 0.496 e. The van der Waals surface area contributed by atoms with E-state index < -0.39 is 5.82 Å². The van der Waals surface area contributed by atoms with Crippen molar-refractivity contribution in [1.82, 2.24) is 0 Å². The quantitative estimate of drug-likeness (QED) is 0.914. The van der Waals surface area contributed by atoms with Crippen LogP contribution in [0.15, 0.2) is 36.4 Å². The minimum absolute atomic E-state index is 0.301. The van der Waals surface area contributed by atoms with E-state index in [0.717, 1.165) is 5.56 Å². The Bertz CT molecular complexity index is 686. The maximum Gasteiger partial charge on any atom is 0.255 e. The molecule has 4 nitrogen and oxygen atoms in total. The van der Waals surface area contributed by atoms with Crippen molar-refractivity contribution in [3.8, 4) is 11.5 Å². The number of carbonyl (C=O) groups excluding carboxylic acids is 1. The first-order valence-corrected chi connectivity index (χ1v) is 6.93. The molecule has 2 aromatic rings. The molecule has 0 bridgehead atoms. The van der Waals surface area contributed by atoms with Crippen molar-refractivity contribution in [2.24, 2.45) is 0 Å². The van der Waals surface area contributed by atoms with E-state index >= 15 is 0 Å². The third-order valence-corrected chi connectivity index (χ3v) is 3.16. The van der Waals surface area contributed by atoms with E-state index in [0.29, 0.717) is 29.4 Å². The number of hydrogen-bond acceptors (Lipinski definition) is 3. The van der Waals surface area contributed by atoms with Crippen LogP contribution < -0.4 is 14.8 Å². The van der Waals surface area contributed by atoms with Gasteiger partial charge in [-0.15, -0.1) is 0 Å². The molecule has 0 atom stereocenters. The highest BCUT2D eigenvalue weighted by molar-refractivity contribution is 6.05. The molecule has 5 heteroatoms. The lowest BCUT2D eigenvalue weighted by molar-refractivity contribution is 0.102. The number of hydrogen-bond donors (Lipinski definition) is 1. The number of anilines is 1. The zero-order chi connectivity index (χ0) is 16.1. The molecule has 1 amide bonds. The van der Waals surface area contributed by atoms with E-state index in [1.807, 2.05) is 13.0 Å². The Kier molecular flexibility index (Phi) is 4.99. The van der Waals surface area contributed by atoms with Crippen LogP contribution in [0.4, 0.5) is 10.1 Å². The molecule has 2 rings (SSSR count). The molecule has 0 unspecified atom stereocenters. The summed E-state index contributed by atoms with van der Waals surface area (Å²) in [5, 5.41) is 2.72. The Morgan fingerprint density at radius 3 is 2.64 bits per heavy atom. The summed E-state index contributed by atoms with van der Waals surface area (Å²) in [6, 6.07) is 9.17. The molecule has 0 heterocycles. The van der Waals surface area contributed by atoms with E-state index in [4.69, 9.17) is 9.47 Å². The van der Waals surface area contributed by atoms with Crippen molar-refractivity contribution >= 4 is 11.6 Å². The van der Waals surface area contributed by atoms with Crippen LogP contribution in [0.3, 0.4) is 0 Å². The van der Waals surface area contributed by atoms with E-state index in [1.165, 1.54) is 18.2 Å². The van der Waals surface area contributed by atoms with Gasteiger partial charge in [0.25, 0.3) is 5.91 Å². The molecule has 0 spiro atoms. The molecule has 0 aromatic heterocycles. The van der Waals surface area contributed by atoms with E-state index in [-0.39, 0.29) is 5.91 Å². The molecular weight excluding hydrogens is 285 g/mol. The zero-order valence-electron chi connectivity index (χ0n) is 12.8. The summed E-state index contributed by atoms with van der Waals surface area (Å²) in [5.41, 5.74) is 1.82. The molecule has 0 radical (unpaired) electrons. The molecule has 0 fully saturated rings. The van der Waals surface area contributed by atoms with E-state index in [2.05, 4.69) is 5.32 Å². The van der Waals surface area contributed by atoms with Gasteiger partial charge in [-0.2, -0.15) is 0 Å². The van der Waals surface area contributed by atoms with Crippen LogP contribution in [-0.2, 0) is 0 Å². The Balaban J connectivity index is 2.25. The Hall–Kier alpha value is -2.56.